The van der Waals surface area contributed by atoms with Gasteiger partial charge in [0.05, 0.1) is 6.42 Å². The Morgan fingerprint density at radius 3 is 2.03 bits per heavy atom. The summed E-state index contributed by atoms with van der Waals surface area (Å²) in [7, 11) is 3.14. The first kappa shape index (κ1) is 50.1. The summed E-state index contributed by atoms with van der Waals surface area (Å²) in [6.07, 6.45) is 2.08. The number of likely N-dealkylation sites (N-methyl/N-ethyl adjacent to an activating group) is 1. The van der Waals surface area contributed by atoms with Crippen molar-refractivity contribution in [2.24, 2.45) is 23.5 Å². The minimum absolute atomic E-state index is 0.0136. The maximum Gasteiger partial charge on any atom is 0.329 e. The molecular weight excluding hydrogens is 757 g/mol. The first-order valence-electron chi connectivity index (χ1n) is 20.7. The Labute approximate surface area is 349 Å². The fourth-order valence-electron chi connectivity index (χ4n) is 6.69. The van der Waals surface area contributed by atoms with Crippen molar-refractivity contribution in [2.75, 3.05) is 27.2 Å². The van der Waals surface area contributed by atoms with Crippen LogP contribution in [0.1, 0.15) is 91.2 Å². The second-order valence-electron chi connectivity index (χ2n) is 15.8. The number of phenolic OH excluding ortho intramolecular Hbond substituents is 1. The third-order valence-electron chi connectivity index (χ3n) is 10.0. The molecule has 1 saturated heterocycles. The number of benzene rings is 2. The van der Waals surface area contributed by atoms with E-state index in [0.29, 0.717) is 38.6 Å². The van der Waals surface area contributed by atoms with Crippen molar-refractivity contribution >= 4 is 35.6 Å². The lowest BCUT2D eigenvalue weighted by Gasteiger charge is -2.31. The molecule has 5 atom stereocenters. The van der Waals surface area contributed by atoms with Crippen LogP contribution in [0.5, 0.6) is 5.75 Å². The molecule has 1 aliphatic heterocycles. The zero-order valence-electron chi connectivity index (χ0n) is 36.1. The number of likely N-dealkylation sites (tertiary alicyclic amines) is 1. The number of carbonyl (C=O) groups is 6. The van der Waals surface area contributed by atoms with Crippen LogP contribution in [0.15, 0.2) is 54.6 Å². The van der Waals surface area contributed by atoms with Crippen LogP contribution in [0.3, 0.4) is 0 Å². The number of hydrogen-bond donors (Lipinski definition) is 6. The number of carbonyl (C=O) groups excluding carboxylic acids is 6. The lowest BCUT2D eigenvalue weighted by molar-refractivity contribution is -0.155. The first-order valence-corrected chi connectivity index (χ1v) is 20.7. The smallest absolute Gasteiger partial charge is 0.329 e. The standard InChI is InChI=1S/C43H63N5O9.CH5N/c1-27(2)24-34(41(53)48-22-11-14-36(48)43(55)57-26-31-12-9-8-10-13-31)46-40(52)39(29(5)6)47-37(50)20-19-33(28(3)4)45-38(51)21-23-56-42(54)35(44-7)25-30-15-17-32(49)18-16-30;1-2/h8-10,12-13,15-18,27-29,33-36,39,44,49H,11,14,19-26H2,1-7H3,(H,45,51)(H,46,52)(H,47,50);2H2,1H3/t33-,34?,35?,36?,39?;/m0./s1. The molecule has 0 saturated carbocycles. The molecule has 15 heteroatoms. The van der Waals surface area contributed by atoms with Crippen LogP contribution < -0.4 is 27.0 Å². The van der Waals surface area contributed by atoms with E-state index < -0.39 is 42.0 Å². The molecule has 4 unspecified atom stereocenters. The summed E-state index contributed by atoms with van der Waals surface area (Å²) in [4.78, 5) is 81.0. The van der Waals surface area contributed by atoms with Gasteiger partial charge in [-0.2, -0.15) is 0 Å². The van der Waals surface area contributed by atoms with Crippen molar-refractivity contribution in [1.82, 2.24) is 26.2 Å². The fourth-order valence-corrected chi connectivity index (χ4v) is 6.69. The molecule has 7 N–H and O–H groups in total. The minimum atomic E-state index is -0.928. The number of ether oxygens (including phenoxy) is 2. The Morgan fingerprint density at radius 1 is 0.797 bits per heavy atom. The molecule has 0 radical (unpaired) electrons. The summed E-state index contributed by atoms with van der Waals surface area (Å²) >= 11 is 0. The van der Waals surface area contributed by atoms with Crippen LogP contribution in [0.4, 0.5) is 0 Å². The van der Waals surface area contributed by atoms with E-state index in [1.54, 1.807) is 45.2 Å². The second-order valence-corrected chi connectivity index (χ2v) is 15.8. The number of phenols is 1. The maximum absolute atomic E-state index is 13.9. The monoisotopic (exact) mass is 825 g/mol. The van der Waals surface area contributed by atoms with E-state index in [-0.39, 0.29) is 73.3 Å². The predicted molar refractivity (Wildman–Crippen MR) is 225 cm³/mol. The van der Waals surface area contributed by atoms with Gasteiger partial charge in [-0.05, 0) is 87.2 Å². The molecule has 4 amide bonds. The van der Waals surface area contributed by atoms with Crippen molar-refractivity contribution in [1.29, 1.82) is 0 Å². The fraction of sp³-hybridized carbons (Fsp3) is 0.591. The molecule has 59 heavy (non-hydrogen) atoms. The van der Waals surface area contributed by atoms with E-state index in [9.17, 15) is 33.9 Å². The van der Waals surface area contributed by atoms with Gasteiger partial charge in [0.1, 0.15) is 43.1 Å². The maximum atomic E-state index is 13.9. The number of nitrogens with two attached hydrogens (primary N) is 1. The van der Waals surface area contributed by atoms with Gasteiger partial charge in [-0.1, -0.05) is 84.0 Å². The second kappa shape index (κ2) is 26.2. The third kappa shape index (κ3) is 17.4. The summed E-state index contributed by atoms with van der Waals surface area (Å²) in [6, 6.07) is 12.3. The quantitative estimate of drug-likeness (QED) is 0.0947. The summed E-state index contributed by atoms with van der Waals surface area (Å²) in [5.41, 5.74) is 6.18. The highest BCUT2D eigenvalue weighted by Crippen LogP contribution is 2.22. The number of nitrogens with zero attached hydrogens (tertiary/aromatic N) is 1. The van der Waals surface area contributed by atoms with Gasteiger partial charge in [-0.15, -0.1) is 0 Å². The topological polar surface area (TPSA) is 218 Å². The van der Waals surface area contributed by atoms with Gasteiger partial charge in [-0.25, -0.2) is 4.79 Å². The Hall–Kier alpha value is -5.02. The molecule has 1 heterocycles. The van der Waals surface area contributed by atoms with Crippen molar-refractivity contribution in [3.05, 3.63) is 65.7 Å². The molecule has 2 aromatic carbocycles. The minimum Gasteiger partial charge on any atom is -0.508 e. The highest BCUT2D eigenvalue weighted by Gasteiger charge is 2.39. The van der Waals surface area contributed by atoms with Crippen LogP contribution in [-0.2, 0) is 51.3 Å². The highest BCUT2D eigenvalue weighted by atomic mass is 16.5. The Kier molecular flexibility index (Phi) is 22.2. The van der Waals surface area contributed by atoms with Crippen LogP contribution >= 0.6 is 0 Å². The van der Waals surface area contributed by atoms with Gasteiger partial charge in [0.25, 0.3) is 0 Å². The Balaban J connectivity index is 0.00000590. The summed E-state index contributed by atoms with van der Waals surface area (Å²) < 4.78 is 10.9. The van der Waals surface area contributed by atoms with E-state index in [1.807, 2.05) is 58.0 Å². The van der Waals surface area contributed by atoms with E-state index in [2.05, 4.69) is 27.0 Å². The largest absolute Gasteiger partial charge is 0.508 e. The predicted octanol–water partition coefficient (Wildman–Crippen LogP) is 3.36. The van der Waals surface area contributed by atoms with Crippen molar-refractivity contribution in [3.63, 3.8) is 0 Å². The molecule has 0 aromatic heterocycles. The molecule has 1 fully saturated rings. The number of aromatic hydroxyl groups is 1. The van der Waals surface area contributed by atoms with Crippen LogP contribution in [-0.4, -0.2) is 103 Å². The number of amides is 4. The summed E-state index contributed by atoms with van der Waals surface area (Å²) in [5.74, 6) is -2.67. The van der Waals surface area contributed by atoms with Gasteiger partial charge < -0.3 is 46.5 Å². The van der Waals surface area contributed by atoms with Gasteiger partial charge in [0.2, 0.25) is 23.6 Å². The SMILES string of the molecule is CN.CNC(Cc1ccc(O)cc1)C(=O)OCCC(=O)N[C@@H](CCC(=O)NC(C(=O)NC(CC(C)C)C(=O)N1CCCC1C(=O)OCc1ccccc1)C(C)C)C(C)C. The summed E-state index contributed by atoms with van der Waals surface area (Å²) in [5, 5.41) is 21.1. The zero-order chi connectivity index (χ0) is 44.1. The number of hydrogen-bond acceptors (Lipinski definition) is 11. The van der Waals surface area contributed by atoms with Gasteiger partial charge in [0.15, 0.2) is 0 Å². The zero-order valence-corrected chi connectivity index (χ0v) is 36.1. The highest BCUT2D eigenvalue weighted by molar-refractivity contribution is 5.94. The van der Waals surface area contributed by atoms with Crippen LogP contribution in [0.25, 0.3) is 0 Å². The number of rotatable bonds is 22. The average Bonchev–Trinajstić information content (AvgIpc) is 3.71. The van der Waals surface area contributed by atoms with E-state index >= 15 is 0 Å². The molecule has 0 spiro atoms. The van der Waals surface area contributed by atoms with Gasteiger partial charge in [-0.3, -0.25) is 24.0 Å². The number of esters is 2. The Bertz CT molecular complexity index is 1620. The van der Waals surface area contributed by atoms with E-state index in [1.165, 1.54) is 11.9 Å². The number of nitrogens with one attached hydrogen (secondary N) is 4. The van der Waals surface area contributed by atoms with E-state index in [4.69, 9.17) is 9.47 Å². The van der Waals surface area contributed by atoms with Crippen molar-refractivity contribution in [3.8, 4) is 5.75 Å². The lowest BCUT2D eigenvalue weighted by atomic mass is 9.97. The molecule has 3 rings (SSSR count). The molecule has 328 valence electrons. The van der Waals surface area contributed by atoms with Crippen molar-refractivity contribution in [2.45, 2.75) is 123 Å². The van der Waals surface area contributed by atoms with E-state index in [0.717, 1.165) is 11.1 Å². The van der Waals surface area contributed by atoms with Crippen LogP contribution in [0, 0.1) is 17.8 Å². The van der Waals surface area contributed by atoms with Gasteiger partial charge in [0, 0.05) is 19.0 Å². The first-order chi connectivity index (χ1) is 28.1. The third-order valence-corrected chi connectivity index (χ3v) is 10.0. The molecule has 0 aliphatic carbocycles. The average molecular weight is 825 g/mol. The molecule has 0 bridgehead atoms. The summed E-state index contributed by atoms with van der Waals surface area (Å²) in [6.45, 7) is 11.7. The van der Waals surface area contributed by atoms with Crippen LogP contribution in [0.2, 0.25) is 0 Å². The van der Waals surface area contributed by atoms with Crippen molar-refractivity contribution < 1.29 is 43.3 Å². The van der Waals surface area contributed by atoms with Gasteiger partial charge >= 0.3 is 11.9 Å². The molecular formula is C44H68N6O9. The lowest BCUT2D eigenvalue weighted by Crippen LogP contribution is -2.57. The molecule has 15 nitrogen and oxygen atoms in total. The molecule has 1 aliphatic rings. The Morgan fingerprint density at radius 2 is 1.44 bits per heavy atom. The normalized spacial score (nSPS) is 15.7. The molecule has 2 aromatic rings.